The molecule has 0 bridgehead atoms. The molecule has 1 atom stereocenters. The average Bonchev–Trinajstić information content (AvgIpc) is 3.38. The molecule has 0 saturated carbocycles. The fourth-order valence-electron chi connectivity index (χ4n) is 5.43. The van der Waals surface area contributed by atoms with Crippen molar-refractivity contribution in [3.8, 4) is 0 Å². The normalized spacial score (nSPS) is 19.2. The van der Waals surface area contributed by atoms with Gasteiger partial charge in [-0.05, 0) is 53.5 Å². The second-order valence-electron chi connectivity index (χ2n) is 9.19. The van der Waals surface area contributed by atoms with Crippen LogP contribution in [0.1, 0.15) is 41.3 Å². The molecule has 3 N–H and O–H groups in total. The second-order valence-corrected chi connectivity index (χ2v) is 9.19. The maximum atomic E-state index is 13.3. The summed E-state index contributed by atoms with van der Waals surface area (Å²) in [6.45, 7) is 5.92. The van der Waals surface area contributed by atoms with Crippen LogP contribution in [0.15, 0.2) is 61.3 Å². The highest BCUT2D eigenvalue weighted by Crippen LogP contribution is 2.50. The zero-order valence-electron chi connectivity index (χ0n) is 18.3. The molecule has 6 rings (SSSR count). The number of nitrogens with one attached hydrogen (secondary N) is 1. The first-order chi connectivity index (χ1) is 16.0. The van der Waals surface area contributed by atoms with Crippen LogP contribution in [0.4, 0.5) is 10.2 Å². The number of H-pyrrole nitrogens is 1. The van der Waals surface area contributed by atoms with E-state index in [0.29, 0.717) is 22.4 Å². The van der Waals surface area contributed by atoms with Gasteiger partial charge < -0.3 is 10.6 Å². The lowest BCUT2D eigenvalue weighted by Crippen LogP contribution is -2.44. The van der Waals surface area contributed by atoms with Crippen LogP contribution in [0.3, 0.4) is 0 Å². The maximum absolute atomic E-state index is 13.3. The number of rotatable bonds is 3. The Kier molecular flexibility index (Phi) is 4.55. The van der Waals surface area contributed by atoms with Gasteiger partial charge in [0.1, 0.15) is 22.8 Å². The summed E-state index contributed by atoms with van der Waals surface area (Å²) in [6.07, 6.45) is 4.91. The quantitative estimate of drug-likeness (QED) is 0.493. The second kappa shape index (κ2) is 7.49. The van der Waals surface area contributed by atoms with Gasteiger partial charge in [-0.3, -0.25) is 5.10 Å². The van der Waals surface area contributed by atoms with Crippen molar-refractivity contribution in [2.75, 3.05) is 18.0 Å². The van der Waals surface area contributed by atoms with Gasteiger partial charge in [-0.15, -0.1) is 0 Å². The average molecular weight is 441 g/mol. The summed E-state index contributed by atoms with van der Waals surface area (Å²) in [6, 6.07) is 14.9. The van der Waals surface area contributed by atoms with Crippen LogP contribution >= 0.6 is 0 Å². The van der Waals surface area contributed by atoms with E-state index in [9.17, 15) is 4.39 Å². The lowest BCUT2D eigenvalue weighted by atomic mass is 9.73. The first kappa shape index (κ1) is 20.1. The van der Waals surface area contributed by atoms with E-state index in [1.807, 2.05) is 0 Å². The van der Waals surface area contributed by atoms with Crippen LogP contribution in [-0.4, -0.2) is 33.3 Å². The molecule has 2 aliphatic rings. The molecule has 4 aromatic rings. The predicted octanol–water partition coefficient (Wildman–Crippen LogP) is 4.40. The van der Waals surface area contributed by atoms with Crippen molar-refractivity contribution in [3.05, 3.63) is 89.5 Å². The molecular formula is C26H25FN6. The van der Waals surface area contributed by atoms with Gasteiger partial charge >= 0.3 is 0 Å². The molecule has 1 aliphatic carbocycles. The van der Waals surface area contributed by atoms with Gasteiger partial charge in [-0.2, -0.15) is 5.10 Å². The summed E-state index contributed by atoms with van der Waals surface area (Å²) in [5, 5.41) is 7.38. The first-order valence-corrected chi connectivity index (χ1v) is 11.3. The molecule has 7 heteroatoms. The number of hydrogen-bond acceptors (Lipinski definition) is 5. The smallest absolute Gasteiger partial charge is 0.177 e. The molecule has 33 heavy (non-hydrogen) atoms. The Morgan fingerprint density at radius 3 is 2.64 bits per heavy atom. The van der Waals surface area contributed by atoms with Gasteiger partial charge in [-0.1, -0.05) is 43.0 Å². The Balaban J connectivity index is 1.21. The Hall–Kier alpha value is -3.58. The van der Waals surface area contributed by atoms with Crippen molar-refractivity contribution in [3.63, 3.8) is 0 Å². The summed E-state index contributed by atoms with van der Waals surface area (Å²) in [7, 11) is 0. The molecule has 6 nitrogen and oxygen atoms in total. The van der Waals surface area contributed by atoms with Crippen LogP contribution < -0.4 is 10.6 Å². The Morgan fingerprint density at radius 1 is 1.12 bits per heavy atom. The summed E-state index contributed by atoms with van der Waals surface area (Å²) < 4.78 is 13.3. The van der Waals surface area contributed by atoms with Gasteiger partial charge in [0.25, 0.3) is 0 Å². The molecule has 0 radical (unpaired) electrons. The lowest BCUT2D eigenvalue weighted by molar-refractivity contribution is 0.187. The molecule has 3 heterocycles. The number of fused-ring (bicyclic) bond motifs is 2. The predicted molar refractivity (Wildman–Crippen MR) is 127 cm³/mol. The fraction of sp³-hybridized carbons (Fsp3) is 0.269. The van der Waals surface area contributed by atoms with E-state index in [2.05, 4.69) is 50.9 Å². The minimum Gasteiger partial charge on any atom is -0.355 e. The zero-order valence-corrected chi connectivity index (χ0v) is 18.3. The van der Waals surface area contributed by atoms with Crippen LogP contribution in [-0.2, 0) is 6.42 Å². The third-order valence-corrected chi connectivity index (χ3v) is 7.41. The van der Waals surface area contributed by atoms with E-state index in [1.165, 1.54) is 23.3 Å². The van der Waals surface area contributed by atoms with E-state index in [1.54, 1.807) is 18.3 Å². The number of hydrogen-bond donors (Lipinski definition) is 2. The van der Waals surface area contributed by atoms with E-state index >= 15 is 0 Å². The highest BCUT2D eigenvalue weighted by atomic mass is 19.1. The first-order valence-electron chi connectivity index (χ1n) is 11.3. The molecular weight excluding hydrogens is 415 g/mol. The number of anilines is 1. The maximum Gasteiger partial charge on any atom is 0.177 e. The van der Waals surface area contributed by atoms with E-state index < -0.39 is 0 Å². The van der Waals surface area contributed by atoms with Crippen molar-refractivity contribution in [1.29, 1.82) is 0 Å². The number of aromatic amines is 1. The number of aromatic nitrogens is 4. The number of halogens is 1. The highest BCUT2D eigenvalue weighted by molar-refractivity contribution is 5.90. The summed E-state index contributed by atoms with van der Waals surface area (Å²) in [4.78, 5) is 11.7. The van der Waals surface area contributed by atoms with E-state index in [-0.39, 0.29) is 17.3 Å². The summed E-state index contributed by atoms with van der Waals surface area (Å²) >= 11 is 0. The fourth-order valence-corrected chi connectivity index (χ4v) is 5.43. The minimum atomic E-state index is -0.284. The van der Waals surface area contributed by atoms with Crippen LogP contribution in [0.2, 0.25) is 0 Å². The topological polar surface area (TPSA) is 83.7 Å². The van der Waals surface area contributed by atoms with Gasteiger partial charge in [0.15, 0.2) is 5.65 Å². The molecule has 1 fully saturated rings. The lowest BCUT2D eigenvalue weighted by Gasteiger charge is -2.42. The third-order valence-electron chi connectivity index (χ3n) is 7.41. The van der Waals surface area contributed by atoms with Gasteiger partial charge in [0, 0.05) is 24.7 Å². The van der Waals surface area contributed by atoms with Crippen LogP contribution in [0, 0.1) is 11.2 Å². The van der Waals surface area contributed by atoms with Crippen LogP contribution in [0.25, 0.3) is 16.7 Å². The van der Waals surface area contributed by atoms with Crippen molar-refractivity contribution >= 4 is 22.6 Å². The number of nitrogens with zero attached hydrogens (tertiary/aromatic N) is 4. The zero-order chi connectivity index (χ0) is 22.6. The minimum absolute atomic E-state index is 0.0945. The Bertz CT molecular complexity index is 1350. The van der Waals surface area contributed by atoms with Crippen molar-refractivity contribution in [2.45, 2.75) is 25.3 Å². The SMILES string of the molecule is C=C(c1ccc(F)cc1)c1n[nH]c2nc(N3CCC4(CC3)Cc3ccccc3[C@H]4N)cnc12. The number of nitrogens with two attached hydrogens (primary N) is 1. The molecule has 1 saturated heterocycles. The van der Waals surface area contributed by atoms with Gasteiger partial charge in [0.2, 0.25) is 0 Å². The van der Waals surface area contributed by atoms with E-state index in [4.69, 9.17) is 10.7 Å². The molecule has 1 spiro atoms. The van der Waals surface area contributed by atoms with Crippen molar-refractivity contribution in [1.82, 2.24) is 20.2 Å². The van der Waals surface area contributed by atoms with Crippen molar-refractivity contribution < 1.29 is 4.39 Å². The Morgan fingerprint density at radius 2 is 1.88 bits per heavy atom. The number of piperidine rings is 1. The number of benzene rings is 2. The molecule has 2 aromatic carbocycles. The van der Waals surface area contributed by atoms with Gasteiger partial charge in [-0.25, -0.2) is 14.4 Å². The molecule has 166 valence electrons. The van der Waals surface area contributed by atoms with E-state index in [0.717, 1.165) is 43.7 Å². The molecule has 0 amide bonds. The molecule has 0 unspecified atom stereocenters. The summed E-state index contributed by atoms with van der Waals surface area (Å²) in [5.74, 6) is 0.553. The molecule has 2 aromatic heterocycles. The summed E-state index contributed by atoms with van der Waals surface area (Å²) in [5.41, 5.74) is 12.9. The van der Waals surface area contributed by atoms with Gasteiger partial charge in [0.05, 0.1) is 6.20 Å². The standard InChI is InChI=1S/C26H25FN6/c1-16(17-6-8-19(27)9-7-17)22-23-25(32-31-22)30-21(15-29-23)33-12-10-26(11-13-33)14-18-4-2-3-5-20(18)24(26)28/h2-9,15,24H,1,10-14,28H2,(H,30,31,32)/t24-/m1/s1. The van der Waals surface area contributed by atoms with Crippen LogP contribution in [0.5, 0.6) is 0 Å². The molecule has 1 aliphatic heterocycles. The Labute approximate surface area is 191 Å². The largest absolute Gasteiger partial charge is 0.355 e. The van der Waals surface area contributed by atoms with Crippen molar-refractivity contribution in [2.24, 2.45) is 11.1 Å². The monoisotopic (exact) mass is 440 g/mol. The third kappa shape index (κ3) is 3.23. The highest BCUT2D eigenvalue weighted by Gasteiger charge is 2.45.